The summed E-state index contributed by atoms with van der Waals surface area (Å²) in [5.41, 5.74) is 0.864. The maximum absolute atomic E-state index is 13.5. The van der Waals surface area contributed by atoms with Crippen molar-refractivity contribution in [2.45, 2.75) is 4.90 Å². The smallest absolute Gasteiger partial charge is 0.264 e. The number of sulfonamides is 2. The van der Waals surface area contributed by atoms with Gasteiger partial charge < -0.3 is 10.1 Å². The number of hydrogen-bond acceptors (Lipinski definition) is 6. The van der Waals surface area contributed by atoms with E-state index in [0.29, 0.717) is 11.4 Å². The first kappa shape index (κ1) is 25.1. The normalized spacial score (nSPS) is 11.5. The fourth-order valence-corrected chi connectivity index (χ4v) is 5.11. The molecule has 34 heavy (non-hydrogen) atoms. The first-order valence-corrected chi connectivity index (χ1v) is 13.4. The number of nitrogens with one attached hydrogen (secondary N) is 1. The van der Waals surface area contributed by atoms with Crippen molar-refractivity contribution in [3.8, 4) is 5.75 Å². The molecule has 0 saturated heterocycles. The van der Waals surface area contributed by atoms with Crippen LogP contribution in [-0.4, -0.2) is 49.7 Å². The van der Waals surface area contributed by atoms with E-state index in [1.54, 1.807) is 60.7 Å². The van der Waals surface area contributed by atoms with Gasteiger partial charge in [0.1, 0.15) is 12.3 Å². The number of carbonyl (C=O) groups is 1. The Morgan fingerprint density at radius 3 is 2.21 bits per heavy atom. The summed E-state index contributed by atoms with van der Waals surface area (Å²) in [4.78, 5) is 13.0. The van der Waals surface area contributed by atoms with Gasteiger partial charge in [-0.3, -0.25) is 13.4 Å². The minimum atomic E-state index is -4.11. The van der Waals surface area contributed by atoms with Gasteiger partial charge in [0.15, 0.2) is 0 Å². The van der Waals surface area contributed by atoms with Gasteiger partial charge in [-0.1, -0.05) is 36.4 Å². The predicted molar refractivity (Wildman–Crippen MR) is 132 cm³/mol. The highest BCUT2D eigenvalue weighted by atomic mass is 32.2. The number of anilines is 3. The second-order valence-corrected chi connectivity index (χ2v) is 11.2. The van der Waals surface area contributed by atoms with Crippen LogP contribution in [0.25, 0.3) is 0 Å². The Labute approximate surface area is 199 Å². The molecule has 0 radical (unpaired) electrons. The summed E-state index contributed by atoms with van der Waals surface area (Å²) in [6.45, 7) is -0.538. The van der Waals surface area contributed by atoms with Crippen molar-refractivity contribution < 1.29 is 26.4 Å². The molecule has 3 rings (SSSR count). The van der Waals surface area contributed by atoms with E-state index in [-0.39, 0.29) is 16.3 Å². The van der Waals surface area contributed by atoms with Crippen LogP contribution in [0.5, 0.6) is 5.75 Å². The molecule has 0 bridgehead atoms. The summed E-state index contributed by atoms with van der Waals surface area (Å²) in [7, 11) is -4.80. The van der Waals surface area contributed by atoms with Gasteiger partial charge in [0, 0.05) is 12.7 Å². The van der Waals surface area contributed by atoms with Crippen LogP contribution in [0.15, 0.2) is 83.8 Å². The summed E-state index contributed by atoms with van der Waals surface area (Å²) < 4.78 is 58.0. The molecule has 1 N–H and O–H groups in total. The van der Waals surface area contributed by atoms with Crippen molar-refractivity contribution in [2.24, 2.45) is 0 Å². The molecule has 0 unspecified atom stereocenters. The fourth-order valence-electron chi connectivity index (χ4n) is 3.16. The van der Waals surface area contributed by atoms with Gasteiger partial charge in [0.2, 0.25) is 15.9 Å². The molecule has 0 aliphatic carbocycles. The number of amides is 1. The highest BCUT2D eigenvalue weighted by molar-refractivity contribution is 7.93. The third-order valence-corrected chi connectivity index (χ3v) is 7.94. The number of para-hydroxylation sites is 2. The fraction of sp³-hybridized carbons (Fsp3) is 0.174. The molecular formula is C23H25N3O6S2. The zero-order chi connectivity index (χ0) is 24.9. The molecule has 0 fully saturated rings. The molecule has 9 nitrogen and oxygen atoms in total. The SMILES string of the molecule is COc1ccccc1N(CC(=O)Nc1cccc(N(C)S(C)(=O)=O)c1)S(=O)(=O)c1ccccc1. The minimum Gasteiger partial charge on any atom is -0.495 e. The molecule has 0 aliphatic rings. The zero-order valence-electron chi connectivity index (χ0n) is 18.9. The molecule has 0 heterocycles. The van der Waals surface area contributed by atoms with E-state index in [1.807, 2.05) is 0 Å². The average molecular weight is 504 g/mol. The van der Waals surface area contributed by atoms with Gasteiger partial charge in [0.05, 0.1) is 29.6 Å². The Morgan fingerprint density at radius 2 is 1.56 bits per heavy atom. The lowest BCUT2D eigenvalue weighted by molar-refractivity contribution is -0.114. The van der Waals surface area contributed by atoms with Crippen LogP contribution in [0.2, 0.25) is 0 Å². The number of benzene rings is 3. The largest absolute Gasteiger partial charge is 0.495 e. The number of hydrogen-bond donors (Lipinski definition) is 1. The first-order valence-electron chi connectivity index (χ1n) is 10.1. The van der Waals surface area contributed by atoms with Crippen molar-refractivity contribution in [1.29, 1.82) is 0 Å². The predicted octanol–water partition coefficient (Wildman–Crippen LogP) is 2.93. The molecule has 1 amide bonds. The van der Waals surface area contributed by atoms with Gasteiger partial charge in [-0.05, 0) is 42.5 Å². The first-order chi connectivity index (χ1) is 16.0. The number of nitrogens with zero attached hydrogens (tertiary/aromatic N) is 2. The summed E-state index contributed by atoms with van der Waals surface area (Å²) in [6, 6.07) is 20.5. The number of rotatable bonds is 9. The lowest BCUT2D eigenvalue weighted by Gasteiger charge is -2.25. The minimum absolute atomic E-state index is 0.0190. The molecule has 0 aliphatic heterocycles. The van der Waals surface area contributed by atoms with E-state index < -0.39 is 32.5 Å². The third-order valence-electron chi connectivity index (χ3n) is 4.96. The highest BCUT2D eigenvalue weighted by Crippen LogP contribution is 2.32. The van der Waals surface area contributed by atoms with Crippen LogP contribution in [0.1, 0.15) is 0 Å². The van der Waals surface area contributed by atoms with Crippen molar-refractivity contribution in [2.75, 3.05) is 40.9 Å². The van der Waals surface area contributed by atoms with Gasteiger partial charge in [-0.25, -0.2) is 16.8 Å². The third kappa shape index (κ3) is 5.67. The second kappa shape index (κ2) is 10.1. The summed E-state index contributed by atoms with van der Waals surface area (Å²) in [5, 5.41) is 2.64. The van der Waals surface area contributed by atoms with Crippen LogP contribution in [0.3, 0.4) is 0 Å². The molecule has 0 aromatic heterocycles. The molecule has 3 aromatic carbocycles. The van der Waals surface area contributed by atoms with E-state index in [9.17, 15) is 21.6 Å². The Kier molecular flexibility index (Phi) is 7.48. The summed E-state index contributed by atoms with van der Waals surface area (Å²) in [5.74, 6) is -0.337. The Morgan fingerprint density at radius 1 is 0.912 bits per heavy atom. The highest BCUT2D eigenvalue weighted by Gasteiger charge is 2.29. The maximum atomic E-state index is 13.5. The topological polar surface area (TPSA) is 113 Å². The molecule has 0 spiro atoms. The van der Waals surface area contributed by atoms with Crippen LogP contribution >= 0.6 is 0 Å². The van der Waals surface area contributed by atoms with Crippen LogP contribution in [0, 0.1) is 0 Å². The lowest BCUT2D eigenvalue weighted by atomic mass is 10.2. The monoisotopic (exact) mass is 503 g/mol. The van der Waals surface area contributed by atoms with E-state index in [1.165, 1.54) is 32.4 Å². The number of carbonyl (C=O) groups excluding carboxylic acids is 1. The van der Waals surface area contributed by atoms with Gasteiger partial charge >= 0.3 is 0 Å². The molecule has 0 atom stereocenters. The van der Waals surface area contributed by atoms with E-state index >= 15 is 0 Å². The number of ether oxygens (including phenoxy) is 1. The van der Waals surface area contributed by atoms with Gasteiger partial charge in [0.25, 0.3) is 10.0 Å². The van der Waals surface area contributed by atoms with Gasteiger partial charge in [-0.15, -0.1) is 0 Å². The average Bonchev–Trinajstić information content (AvgIpc) is 2.82. The second-order valence-electron chi connectivity index (χ2n) is 7.33. The Bertz CT molecular complexity index is 1380. The molecule has 180 valence electrons. The lowest BCUT2D eigenvalue weighted by Crippen LogP contribution is -2.38. The van der Waals surface area contributed by atoms with E-state index in [2.05, 4.69) is 5.32 Å². The van der Waals surface area contributed by atoms with Crippen molar-refractivity contribution >= 4 is 43.0 Å². The van der Waals surface area contributed by atoms with E-state index in [4.69, 9.17) is 4.74 Å². The van der Waals surface area contributed by atoms with Crippen LogP contribution in [0.4, 0.5) is 17.1 Å². The molecule has 3 aromatic rings. The summed E-state index contributed by atoms with van der Waals surface area (Å²) in [6.07, 6.45) is 1.07. The van der Waals surface area contributed by atoms with Crippen molar-refractivity contribution in [3.05, 3.63) is 78.9 Å². The van der Waals surface area contributed by atoms with Crippen molar-refractivity contribution in [3.63, 3.8) is 0 Å². The zero-order valence-corrected chi connectivity index (χ0v) is 20.5. The maximum Gasteiger partial charge on any atom is 0.264 e. The molecular weight excluding hydrogens is 478 g/mol. The number of methoxy groups -OCH3 is 1. The Balaban J connectivity index is 1.94. The van der Waals surface area contributed by atoms with Crippen LogP contribution < -0.4 is 18.7 Å². The summed E-state index contributed by atoms with van der Waals surface area (Å²) >= 11 is 0. The molecule has 0 saturated carbocycles. The van der Waals surface area contributed by atoms with E-state index in [0.717, 1.165) is 14.9 Å². The Hall–Kier alpha value is -3.57. The molecule has 11 heteroatoms. The van der Waals surface area contributed by atoms with Crippen LogP contribution in [-0.2, 0) is 24.8 Å². The van der Waals surface area contributed by atoms with Crippen molar-refractivity contribution in [1.82, 2.24) is 0 Å². The standard InChI is InChI=1S/C23H25N3O6S2/c1-25(33(3,28)29)19-11-9-10-18(16-19)24-23(27)17-26(21-14-7-8-15-22(21)32-2)34(30,31)20-12-5-4-6-13-20/h4-16H,17H2,1-3H3,(H,24,27). The quantitative estimate of drug-likeness (QED) is 0.480. The van der Waals surface area contributed by atoms with Gasteiger partial charge in [-0.2, -0.15) is 0 Å².